The van der Waals surface area contributed by atoms with Crippen LogP contribution in [-0.4, -0.2) is 32.0 Å². The van der Waals surface area contributed by atoms with E-state index >= 15 is 0 Å². The van der Waals surface area contributed by atoms with E-state index in [1.54, 1.807) is 18.2 Å². The second kappa shape index (κ2) is 8.79. The molecular weight excluding hydrogens is 310 g/mol. The van der Waals surface area contributed by atoms with Crippen molar-refractivity contribution in [2.75, 3.05) is 20.8 Å². The average molecular weight is 331 g/mol. The van der Waals surface area contributed by atoms with Crippen LogP contribution in [0.2, 0.25) is 0 Å². The number of hydrogen-bond acceptors (Lipinski definition) is 5. The fourth-order valence-electron chi connectivity index (χ4n) is 2.16. The summed E-state index contributed by atoms with van der Waals surface area (Å²) < 4.78 is 15.5. The first-order valence-corrected chi connectivity index (χ1v) is 7.48. The van der Waals surface area contributed by atoms with Gasteiger partial charge in [0.05, 0.1) is 20.8 Å². The topological polar surface area (TPSA) is 77.0 Å². The normalized spacial score (nSPS) is 11.5. The summed E-state index contributed by atoms with van der Waals surface area (Å²) in [5, 5.41) is 12.8. The third-order valence-corrected chi connectivity index (χ3v) is 3.45. The van der Waals surface area contributed by atoms with E-state index in [9.17, 15) is 9.90 Å². The van der Waals surface area contributed by atoms with Gasteiger partial charge in [-0.2, -0.15) is 0 Å². The fourth-order valence-corrected chi connectivity index (χ4v) is 2.16. The predicted molar refractivity (Wildman–Crippen MR) is 89.1 cm³/mol. The van der Waals surface area contributed by atoms with Crippen LogP contribution in [0.25, 0.3) is 0 Å². The zero-order chi connectivity index (χ0) is 17.4. The van der Waals surface area contributed by atoms with Crippen molar-refractivity contribution in [1.82, 2.24) is 5.32 Å². The van der Waals surface area contributed by atoms with Crippen LogP contribution in [0, 0.1) is 0 Å². The SMILES string of the molecule is COc1ccc(OC)c(C(O)CNC(=O)OCc2ccccc2)c1. The Kier molecular flexibility index (Phi) is 6.45. The third kappa shape index (κ3) is 4.89. The van der Waals surface area contributed by atoms with Crippen molar-refractivity contribution in [1.29, 1.82) is 0 Å². The lowest BCUT2D eigenvalue weighted by molar-refractivity contribution is 0.125. The number of carbonyl (C=O) groups is 1. The molecule has 2 aromatic rings. The number of methoxy groups -OCH3 is 2. The van der Waals surface area contributed by atoms with Crippen molar-refractivity contribution in [3.8, 4) is 11.5 Å². The quantitative estimate of drug-likeness (QED) is 0.816. The van der Waals surface area contributed by atoms with E-state index in [0.29, 0.717) is 17.1 Å². The summed E-state index contributed by atoms with van der Waals surface area (Å²) in [6, 6.07) is 14.5. The lowest BCUT2D eigenvalue weighted by Crippen LogP contribution is -2.29. The summed E-state index contributed by atoms with van der Waals surface area (Å²) in [5.41, 5.74) is 1.42. The molecule has 0 radical (unpaired) electrons. The Balaban J connectivity index is 1.88. The number of ether oxygens (including phenoxy) is 3. The maximum absolute atomic E-state index is 11.7. The molecule has 6 nitrogen and oxygen atoms in total. The van der Waals surface area contributed by atoms with Crippen molar-refractivity contribution in [2.45, 2.75) is 12.7 Å². The largest absolute Gasteiger partial charge is 0.497 e. The van der Waals surface area contributed by atoms with Gasteiger partial charge in [0.1, 0.15) is 24.2 Å². The highest BCUT2D eigenvalue weighted by atomic mass is 16.5. The average Bonchev–Trinajstić information content (AvgIpc) is 2.64. The van der Waals surface area contributed by atoms with Gasteiger partial charge in [0.25, 0.3) is 0 Å². The van der Waals surface area contributed by atoms with Crippen molar-refractivity contribution < 1.29 is 24.1 Å². The van der Waals surface area contributed by atoms with E-state index in [-0.39, 0.29) is 13.2 Å². The number of carbonyl (C=O) groups excluding carboxylic acids is 1. The van der Waals surface area contributed by atoms with Gasteiger partial charge in [-0.15, -0.1) is 0 Å². The Morgan fingerprint density at radius 2 is 1.88 bits per heavy atom. The third-order valence-electron chi connectivity index (χ3n) is 3.45. The molecule has 1 amide bonds. The Bertz CT molecular complexity index is 660. The zero-order valence-corrected chi connectivity index (χ0v) is 13.7. The standard InChI is InChI=1S/C18H21NO5/c1-22-14-8-9-17(23-2)15(10-14)16(20)11-19-18(21)24-12-13-6-4-3-5-7-13/h3-10,16,20H,11-12H2,1-2H3,(H,19,21). The minimum atomic E-state index is -0.945. The van der Waals surface area contributed by atoms with Crippen LogP contribution in [-0.2, 0) is 11.3 Å². The van der Waals surface area contributed by atoms with Crippen molar-refractivity contribution in [3.05, 3.63) is 59.7 Å². The first-order chi connectivity index (χ1) is 11.6. The maximum Gasteiger partial charge on any atom is 0.407 e. The molecule has 128 valence electrons. The molecule has 0 aliphatic heterocycles. The highest BCUT2D eigenvalue weighted by molar-refractivity contribution is 5.67. The molecule has 1 unspecified atom stereocenters. The van der Waals surface area contributed by atoms with E-state index in [4.69, 9.17) is 14.2 Å². The summed E-state index contributed by atoms with van der Waals surface area (Å²) >= 11 is 0. The molecular formula is C18H21NO5. The molecule has 1 atom stereocenters. The lowest BCUT2D eigenvalue weighted by Gasteiger charge is -2.16. The van der Waals surface area contributed by atoms with Crippen molar-refractivity contribution in [2.24, 2.45) is 0 Å². The first kappa shape index (κ1) is 17.6. The summed E-state index contributed by atoms with van der Waals surface area (Å²) in [4.78, 5) is 11.7. The van der Waals surface area contributed by atoms with Gasteiger partial charge in [0, 0.05) is 5.56 Å². The minimum Gasteiger partial charge on any atom is -0.497 e. The zero-order valence-electron chi connectivity index (χ0n) is 13.7. The van der Waals surface area contributed by atoms with Gasteiger partial charge >= 0.3 is 6.09 Å². The lowest BCUT2D eigenvalue weighted by atomic mass is 10.1. The van der Waals surface area contributed by atoms with Crippen molar-refractivity contribution in [3.63, 3.8) is 0 Å². The van der Waals surface area contributed by atoms with E-state index in [0.717, 1.165) is 5.56 Å². The molecule has 0 saturated heterocycles. The van der Waals surface area contributed by atoms with E-state index in [1.807, 2.05) is 30.3 Å². The maximum atomic E-state index is 11.7. The minimum absolute atomic E-state index is 0.00283. The Morgan fingerprint density at radius 1 is 1.12 bits per heavy atom. The van der Waals surface area contributed by atoms with Gasteiger partial charge in [0.15, 0.2) is 0 Å². The molecule has 0 bridgehead atoms. The fraction of sp³-hybridized carbons (Fsp3) is 0.278. The van der Waals surface area contributed by atoms with Gasteiger partial charge in [-0.1, -0.05) is 30.3 Å². The molecule has 2 rings (SSSR count). The molecule has 0 heterocycles. The van der Waals surface area contributed by atoms with Crippen LogP contribution >= 0.6 is 0 Å². The molecule has 0 aliphatic carbocycles. The monoisotopic (exact) mass is 331 g/mol. The van der Waals surface area contributed by atoms with Crippen LogP contribution in [0.3, 0.4) is 0 Å². The number of amides is 1. The second-order valence-corrected chi connectivity index (χ2v) is 5.07. The first-order valence-electron chi connectivity index (χ1n) is 7.48. The summed E-state index contributed by atoms with van der Waals surface area (Å²) in [7, 11) is 3.05. The number of rotatable bonds is 7. The van der Waals surface area contributed by atoms with Gasteiger partial charge in [-0.3, -0.25) is 0 Å². The van der Waals surface area contributed by atoms with Crippen molar-refractivity contribution >= 4 is 6.09 Å². The molecule has 0 aliphatic rings. The summed E-state index contributed by atoms with van der Waals surface area (Å²) in [6.07, 6.45) is -1.54. The van der Waals surface area contributed by atoms with Crippen LogP contribution in [0.5, 0.6) is 11.5 Å². The summed E-state index contributed by atoms with van der Waals surface area (Å²) in [6.45, 7) is 0.169. The van der Waals surface area contributed by atoms with Gasteiger partial charge < -0.3 is 24.6 Å². The van der Waals surface area contributed by atoms with Crippen LogP contribution in [0.4, 0.5) is 4.79 Å². The number of nitrogens with one attached hydrogen (secondary N) is 1. The molecule has 0 saturated carbocycles. The van der Waals surface area contributed by atoms with Crippen LogP contribution < -0.4 is 14.8 Å². The molecule has 6 heteroatoms. The van der Waals surface area contributed by atoms with Gasteiger partial charge in [-0.05, 0) is 23.8 Å². The number of benzene rings is 2. The molecule has 2 aromatic carbocycles. The predicted octanol–water partition coefficient (Wildman–Crippen LogP) is 2.66. The molecule has 0 fully saturated rings. The Hall–Kier alpha value is -2.73. The van der Waals surface area contributed by atoms with E-state index in [2.05, 4.69) is 5.32 Å². The van der Waals surface area contributed by atoms with Gasteiger partial charge in [-0.25, -0.2) is 4.79 Å². The highest BCUT2D eigenvalue weighted by Gasteiger charge is 2.16. The molecule has 2 N–H and O–H groups in total. The molecule has 24 heavy (non-hydrogen) atoms. The highest BCUT2D eigenvalue weighted by Crippen LogP contribution is 2.29. The van der Waals surface area contributed by atoms with Crippen LogP contribution in [0.1, 0.15) is 17.2 Å². The number of aliphatic hydroxyl groups is 1. The number of alkyl carbamates (subject to hydrolysis) is 1. The Morgan fingerprint density at radius 3 is 2.54 bits per heavy atom. The van der Waals surface area contributed by atoms with E-state index in [1.165, 1.54) is 14.2 Å². The second-order valence-electron chi connectivity index (χ2n) is 5.07. The Labute approximate surface area is 141 Å². The summed E-state index contributed by atoms with van der Waals surface area (Å²) in [5.74, 6) is 1.11. The van der Waals surface area contributed by atoms with E-state index < -0.39 is 12.2 Å². The van der Waals surface area contributed by atoms with Crippen LogP contribution in [0.15, 0.2) is 48.5 Å². The smallest absolute Gasteiger partial charge is 0.407 e. The number of aliphatic hydroxyl groups excluding tert-OH is 1. The van der Waals surface area contributed by atoms with Gasteiger partial charge in [0.2, 0.25) is 0 Å². The molecule has 0 spiro atoms. The number of hydrogen-bond donors (Lipinski definition) is 2. The molecule has 0 aromatic heterocycles.